The van der Waals surface area contributed by atoms with Crippen LogP contribution in [0.2, 0.25) is 0 Å². The van der Waals surface area contributed by atoms with E-state index in [2.05, 4.69) is 16.9 Å². The number of nitrogens with zero attached hydrogens (tertiary/aromatic N) is 2. The van der Waals surface area contributed by atoms with E-state index in [1.54, 1.807) is 0 Å². The number of esters is 1. The highest BCUT2D eigenvalue weighted by Crippen LogP contribution is 2.28. The summed E-state index contributed by atoms with van der Waals surface area (Å²) in [6.07, 6.45) is 1.76. The van der Waals surface area contributed by atoms with E-state index in [9.17, 15) is 18.0 Å². The average Bonchev–Trinajstić information content (AvgIpc) is 3.29. The number of rotatable bonds is 4. The van der Waals surface area contributed by atoms with E-state index >= 15 is 0 Å². The minimum atomic E-state index is -3.86. The molecule has 1 saturated heterocycles. The fourth-order valence-electron chi connectivity index (χ4n) is 4.08. The van der Waals surface area contributed by atoms with Gasteiger partial charge in [0, 0.05) is 32.1 Å². The number of carbonyl (C=O) groups excluding carboxylic acids is 2. The molecule has 0 unspecified atom stereocenters. The molecule has 9 heteroatoms. The number of piperidine rings is 1. The summed E-state index contributed by atoms with van der Waals surface area (Å²) in [7, 11) is -2.67. The first-order chi connectivity index (χ1) is 14.4. The van der Waals surface area contributed by atoms with Crippen LogP contribution in [-0.4, -0.2) is 56.2 Å². The van der Waals surface area contributed by atoms with Crippen molar-refractivity contribution in [3.8, 4) is 0 Å². The van der Waals surface area contributed by atoms with Crippen LogP contribution in [0.15, 0.2) is 45.9 Å². The van der Waals surface area contributed by atoms with Gasteiger partial charge in [-0.25, -0.2) is 13.2 Å². The van der Waals surface area contributed by atoms with Crippen LogP contribution >= 0.6 is 0 Å². The molecule has 1 aromatic carbocycles. The van der Waals surface area contributed by atoms with Gasteiger partial charge in [-0.3, -0.25) is 4.79 Å². The molecule has 2 aliphatic heterocycles. The van der Waals surface area contributed by atoms with Crippen molar-refractivity contribution in [2.45, 2.75) is 30.9 Å². The SMILES string of the molecule is COC(=O)c1ccc(S(=O)(=O)N2CCC(C(=O)N3CCc4ccccc4C3)CC2)o1. The molecule has 1 aromatic heterocycles. The molecule has 30 heavy (non-hydrogen) atoms. The monoisotopic (exact) mass is 432 g/mol. The van der Waals surface area contributed by atoms with E-state index in [1.165, 1.54) is 34.7 Å². The number of carbonyl (C=O) groups is 2. The van der Waals surface area contributed by atoms with Crippen molar-refractivity contribution in [2.75, 3.05) is 26.7 Å². The smallest absolute Gasteiger partial charge is 0.374 e. The van der Waals surface area contributed by atoms with E-state index in [0.29, 0.717) is 25.9 Å². The number of hydrogen-bond acceptors (Lipinski definition) is 6. The van der Waals surface area contributed by atoms with Gasteiger partial charge in [0.15, 0.2) is 0 Å². The minimum absolute atomic E-state index is 0.0903. The summed E-state index contributed by atoms with van der Waals surface area (Å²) in [6, 6.07) is 10.7. The molecule has 160 valence electrons. The number of benzene rings is 1. The van der Waals surface area contributed by atoms with Crippen LogP contribution in [0.5, 0.6) is 0 Å². The third kappa shape index (κ3) is 3.87. The van der Waals surface area contributed by atoms with Crippen molar-refractivity contribution in [3.05, 3.63) is 53.3 Å². The summed E-state index contributed by atoms with van der Waals surface area (Å²) >= 11 is 0. The second-order valence-corrected chi connectivity index (χ2v) is 9.44. The molecule has 3 heterocycles. The summed E-state index contributed by atoms with van der Waals surface area (Å²) in [6.45, 7) is 1.77. The van der Waals surface area contributed by atoms with Gasteiger partial charge < -0.3 is 14.1 Å². The maximum Gasteiger partial charge on any atom is 0.374 e. The van der Waals surface area contributed by atoms with Crippen LogP contribution in [0.1, 0.15) is 34.5 Å². The van der Waals surface area contributed by atoms with Gasteiger partial charge in [-0.1, -0.05) is 24.3 Å². The molecule has 2 aromatic rings. The van der Waals surface area contributed by atoms with Crippen LogP contribution in [0.3, 0.4) is 0 Å². The average molecular weight is 432 g/mol. The molecular weight excluding hydrogens is 408 g/mol. The number of amides is 1. The molecule has 4 rings (SSSR count). The molecule has 2 aliphatic rings. The lowest BCUT2D eigenvalue weighted by Gasteiger charge is -2.35. The molecule has 0 aliphatic carbocycles. The molecule has 1 amide bonds. The highest BCUT2D eigenvalue weighted by atomic mass is 32.2. The standard InChI is InChI=1S/C21H24N2O6S/c1-28-21(25)18-6-7-19(29-18)30(26,27)23-12-9-16(10-13-23)20(24)22-11-8-15-4-2-3-5-17(15)14-22/h2-7,16H,8-14H2,1H3. The maximum absolute atomic E-state index is 13.0. The largest absolute Gasteiger partial charge is 0.463 e. The van der Waals surface area contributed by atoms with Gasteiger partial charge in [0.1, 0.15) is 0 Å². The van der Waals surface area contributed by atoms with Gasteiger partial charge in [0.05, 0.1) is 7.11 Å². The van der Waals surface area contributed by atoms with Crippen molar-refractivity contribution < 1.29 is 27.2 Å². The van der Waals surface area contributed by atoms with Gasteiger partial charge in [-0.15, -0.1) is 0 Å². The molecule has 0 bridgehead atoms. The van der Waals surface area contributed by atoms with Crippen molar-refractivity contribution in [3.63, 3.8) is 0 Å². The van der Waals surface area contributed by atoms with Crippen molar-refractivity contribution in [2.24, 2.45) is 5.92 Å². The zero-order valence-electron chi connectivity index (χ0n) is 16.7. The molecule has 0 spiro atoms. The third-order valence-corrected chi connectivity index (χ3v) is 7.58. The van der Waals surface area contributed by atoms with E-state index in [0.717, 1.165) is 6.42 Å². The highest BCUT2D eigenvalue weighted by Gasteiger charge is 2.36. The Labute approximate surface area is 175 Å². The fraction of sp³-hybridized carbons (Fsp3) is 0.429. The fourth-order valence-corrected chi connectivity index (χ4v) is 5.46. The second kappa shape index (κ2) is 8.23. The Hall–Kier alpha value is -2.65. The summed E-state index contributed by atoms with van der Waals surface area (Å²) in [5.41, 5.74) is 2.46. The molecule has 0 saturated carbocycles. The number of furan rings is 1. The lowest BCUT2D eigenvalue weighted by Crippen LogP contribution is -2.45. The molecular formula is C21H24N2O6S. The van der Waals surface area contributed by atoms with Gasteiger partial charge in [0.25, 0.3) is 10.0 Å². The number of fused-ring (bicyclic) bond motifs is 1. The van der Waals surface area contributed by atoms with Crippen LogP contribution in [0, 0.1) is 5.92 Å². The summed E-state index contributed by atoms with van der Waals surface area (Å²) in [5.74, 6) is -0.994. The first-order valence-corrected chi connectivity index (χ1v) is 11.4. The predicted molar refractivity (Wildman–Crippen MR) is 107 cm³/mol. The van der Waals surface area contributed by atoms with Crippen LogP contribution in [0.25, 0.3) is 0 Å². The number of methoxy groups -OCH3 is 1. The molecule has 8 nitrogen and oxygen atoms in total. The van der Waals surface area contributed by atoms with Crippen LogP contribution in [0.4, 0.5) is 0 Å². The van der Waals surface area contributed by atoms with Crippen molar-refractivity contribution in [1.82, 2.24) is 9.21 Å². The van der Waals surface area contributed by atoms with Gasteiger partial charge in [-0.2, -0.15) is 4.31 Å². The molecule has 0 atom stereocenters. The summed E-state index contributed by atoms with van der Waals surface area (Å²) in [4.78, 5) is 26.4. The normalized spacial score (nSPS) is 18.1. The van der Waals surface area contributed by atoms with Crippen molar-refractivity contribution >= 4 is 21.9 Å². The topological polar surface area (TPSA) is 97.1 Å². The predicted octanol–water partition coefficient (Wildman–Crippen LogP) is 2.05. The van der Waals surface area contributed by atoms with E-state index in [4.69, 9.17) is 4.42 Å². The van der Waals surface area contributed by atoms with Crippen molar-refractivity contribution in [1.29, 1.82) is 0 Å². The second-order valence-electron chi connectivity index (χ2n) is 7.57. The number of ether oxygens (including phenoxy) is 1. The maximum atomic E-state index is 13.0. The Morgan fingerprint density at radius 3 is 2.43 bits per heavy atom. The zero-order chi connectivity index (χ0) is 21.3. The number of hydrogen-bond donors (Lipinski definition) is 0. The Morgan fingerprint density at radius 1 is 1.03 bits per heavy atom. The Balaban J connectivity index is 1.38. The minimum Gasteiger partial charge on any atom is -0.463 e. The highest BCUT2D eigenvalue weighted by molar-refractivity contribution is 7.89. The Bertz CT molecular complexity index is 1050. The van der Waals surface area contributed by atoms with Gasteiger partial charge in [-0.05, 0) is 42.5 Å². The molecule has 0 N–H and O–H groups in total. The van der Waals surface area contributed by atoms with Gasteiger partial charge in [0.2, 0.25) is 16.8 Å². The third-order valence-electron chi connectivity index (χ3n) is 5.81. The Morgan fingerprint density at radius 2 is 1.73 bits per heavy atom. The van der Waals surface area contributed by atoms with Gasteiger partial charge >= 0.3 is 5.97 Å². The Kier molecular flexibility index (Phi) is 5.66. The zero-order valence-corrected chi connectivity index (χ0v) is 17.6. The van der Waals surface area contributed by atoms with Crippen LogP contribution in [-0.2, 0) is 32.5 Å². The summed E-state index contributed by atoms with van der Waals surface area (Å²) < 4.78 is 36.7. The first-order valence-electron chi connectivity index (χ1n) is 9.94. The molecule has 1 fully saturated rings. The quantitative estimate of drug-likeness (QED) is 0.686. The van der Waals surface area contributed by atoms with E-state index < -0.39 is 16.0 Å². The molecule has 0 radical (unpaired) electrons. The number of sulfonamides is 1. The first kappa shape index (κ1) is 20.6. The van der Waals surface area contributed by atoms with E-state index in [1.807, 2.05) is 17.0 Å². The lowest BCUT2D eigenvalue weighted by molar-refractivity contribution is -0.137. The van der Waals surface area contributed by atoms with E-state index in [-0.39, 0.29) is 35.8 Å². The summed E-state index contributed by atoms with van der Waals surface area (Å²) in [5, 5.41) is -0.291. The lowest BCUT2D eigenvalue weighted by atomic mass is 9.94. The van der Waals surface area contributed by atoms with Crippen LogP contribution < -0.4 is 0 Å².